The van der Waals surface area contributed by atoms with Crippen LogP contribution in [0, 0.1) is 0 Å². The molecule has 1 aromatic carbocycles. The molecule has 120 valence electrons. The zero-order valence-electron chi connectivity index (χ0n) is 13.2. The van der Waals surface area contributed by atoms with Crippen LogP contribution in [0.15, 0.2) is 18.2 Å². The van der Waals surface area contributed by atoms with E-state index in [4.69, 9.17) is 9.47 Å². The summed E-state index contributed by atoms with van der Waals surface area (Å²) >= 11 is 0. The normalized spacial score (nSPS) is 20.2. The average Bonchev–Trinajstić information content (AvgIpc) is 3.14. The van der Waals surface area contributed by atoms with Gasteiger partial charge in [0, 0.05) is 12.0 Å². The molecular weight excluding hydrogens is 286 g/mol. The van der Waals surface area contributed by atoms with E-state index in [0.717, 1.165) is 12.0 Å². The molecule has 1 aliphatic carbocycles. The molecule has 0 heterocycles. The van der Waals surface area contributed by atoms with Gasteiger partial charge in [0.25, 0.3) is 0 Å². The van der Waals surface area contributed by atoms with E-state index in [0.29, 0.717) is 5.75 Å². The molecule has 0 aliphatic heterocycles. The van der Waals surface area contributed by atoms with Gasteiger partial charge in [0.15, 0.2) is 0 Å². The van der Waals surface area contributed by atoms with Gasteiger partial charge in [0.05, 0.1) is 7.11 Å². The van der Waals surface area contributed by atoms with Crippen LogP contribution in [-0.4, -0.2) is 35.9 Å². The summed E-state index contributed by atoms with van der Waals surface area (Å²) < 4.78 is 10.2. The highest BCUT2D eigenvalue weighted by Crippen LogP contribution is 2.42. The van der Waals surface area contributed by atoms with Gasteiger partial charge in [-0.1, -0.05) is 6.07 Å². The SMILES string of the molecule is COc1ccc(C2CC2NC(=O)OC(C)(C)C)cc1C(=O)O. The fourth-order valence-corrected chi connectivity index (χ4v) is 2.31. The van der Waals surface area contributed by atoms with Crippen LogP contribution in [0.5, 0.6) is 5.75 Å². The summed E-state index contributed by atoms with van der Waals surface area (Å²) in [4.78, 5) is 22.9. The maximum Gasteiger partial charge on any atom is 0.407 e. The fraction of sp³-hybridized carbons (Fsp3) is 0.500. The van der Waals surface area contributed by atoms with E-state index < -0.39 is 17.7 Å². The molecule has 0 saturated heterocycles. The van der Waals surface area contributed by atoms with Gasteiger partial charge in [-0.2, -0.15) is 0 Å². The minimum absolute atomic E-state index is 0.0233. The summed E-state index contributed by atoms with van der Waals surface area (Å²) in [7, 11) is 1.44. The smallest absolute Gasteiger partial charge is 0.407 e. The summed E-state index contributed by atoms with van der Waals surface area (Å²) in [5, 5.41) is 12.0. The van der Waals surface area contributed by atoms with Crippen molar-refractivity contribution in [2.45, 2.75) is 44.8 Å². The predicted molar refractivity (Wildman–Crippen MR) is 80.5 cm³/mol. The molecular formula is C16H21NO5. The molecule has 0 radical (unpaired) electrons. The Labute approximate surface area is 129 Å². The molecule has 2 N–H and O–H groups in total. The van der Waals surface area contributed by atoms with E-state index in [2.05, 4.69) is 5.32 Å². The highest BCUT2D eigenvalue weighted by molar-refractivity contribution is 5.91. The van der Waals surface area contributed by atoms with Crippen LogP contribution in [0.25, 0.3) is 0 Å². The second-order valence-corrected chi connectivity index (χ2v) is 6.36. The van der Waals surface area contributed by atoms with Crippen LogP contribution in [-0.2, 0) is 4.74 Å². The van der Waals surface area contributed by atoms with Crippen molar-refractivity contribution >= 4 is 12.1 Å². The van der Waals surface area contributed by atoms with Gasteiger partial charge in [-0.15, -0.1) is 0 Å². The third kappa shape index (κ3) is 3.90. The van der Waals surface area contributed by atoms with Crippen LogP contribution >= 0.6 is 0 Å². The van der Waals surface area contributed by atoms with Gasteiger partial charge < -0.3 is 19.9 Å². The summed E-state index contributed by atoms with van der Waals surface area (Å²) in [5.74, 6) is -0.596. The van der Waals surface area contributed by atoms with E-state index >= 15 is 0 Å². The Morgan fingerprint density at radius 1 is 1.32 bits per heavy atom. The highest BCUT2D eigenvalue weighted by Gasteiger charge is 2.40. The molecule has 0 bridgehead atoms. The van der Waals surface area contributed by atoms with Crippen LogP contribution in [0.4, 0.5) is 4.79 Å². The van der Waals surface area contributed by atoms with Crippen LogP contribution < -0.4 is 10.1 Å². The number of rotatable bonds is 4. The first kappa shape index (κ1) is 16.1. The van der Waals surface area contributed by atoms with Gasteiger partial charge in [0.2, 0.25) is 0 Å². The van der Waals surface area contributed by atoms with Crippen molar-refractivity contribution in [2.75, 3.05) is 7.11 Å². The quantitative estimate of drug-likeness (QED) is 0.893. The Kier molecular flexibility index (Phi) is 4.30. The van der Waals surface area contributed by atoms with Crippen molar-refractivity contribution in [3.05, 3.63) is 29.3 Å². The zero-order valence-corrected chi connectivity index (χ0v) is 13.2. The van der Waals surface area contributed by atoms with E-state index in [1.165, 1.54) is 7.11 Å². The zero-order chi connectivity index (χ0) is 16.5. The van der Waals surface area contributed by atoms with Gasteiger partial charge in [-0.05, 0) is 44.9 Å². The number of alkyl carbamates (subject to hydrolysis) is 1. The number of nitrogens with one attached hydrogen (secondary N) is 1. The molecule has 6 nitrogen and oxygen atoms in total. The summed E-state index contributed by atoms with van der Waals surface area (Å²) in [6, 6.07) is 5.04. The van der Waals surface area contributed by atoms with E-state index in [9.17, 15) is 14.7 Å². The van der Waals surface area contributed by atoms with Crippen molar-refractivity contribution in [2.24, 2.45) is 0 Å². The number of amides is 1. The van der Waals surface area contributed by atoms with Gasteiger partial charge in [0.1, 0.15) is 16.9 Å². The van der Waals surface area contributed by atoms with E-state index in [1.807, 2.05) is 6.07 Å². The molecule has 1 fully saturated rings. The monoisotopic (exact) mass is 307 g/mol. The summed E-state index contributed by atoms with van der Waals surface area (Å²) in [6.07, 6.45) is 0.317. The van der Waals surface area contributed by atoms with Gasteiger partial charge in [-0.3, -0.25) is 0 Å². The first-order chi connectivity index (χ1) is 10.2. The predicted octanol–water partition coefficient (Wildman–Crippen LogP) is 2.77. The number of benzene rings is 1. The van der Waals surface area contributed by atoms with Crippen LogP contribution in [0.2, 0.25) is 0 Å². The maximum absolute atomic E-state index is 11.7. The highest BCUT2D eigenvalue weighted by atomic mass is 16.6. The van der Waals surface area contributed by atoms with Gasteiger partial charge in [-0.25, -0.2) is 9.59 Å². The Morgan fingerprint density at radius 3 is 2.55 bits per heavy atom. The third-order valence-electron chi connectivity index (χ3n) is 3.37. The molecule has 1 aliphatic rings. The number of carboxylic acid groups (broad SMARTS) is 1. The number of hydrogen-bond donors (Lipinski definition) is 2. The lowest BCUT2D eigenvalue weighted by Crippen LogP contribution is -2.34. The molecule has 2 atom stereocenters. The third-order valence-corrected chi connectivity index (χ3v) is 3.37. The number of ether oxygens (including phenoxy) is 2. The van der Waals surface area contributed by atoms with Crippen molar-refractivity contribution in [1.82, 2.24) is 5.32 Å². The van der Waals surface area contributed by atoms with Crippen molar-refractivity contribution in [3.63, 3.8) is 0 Å². The topological polar surface area (TPSA) is 84.9 Å². The second-order valence-electron chi connectivity index (χ2n) is 6.36. The lowest BCUT2D eigenvalue weighted by atomic mass is 10.1. The first-order valence-corrected chi connectivity index (χ1v) is 7.12. The molecule has 0 aromatic heterocycles. The van der Waals surface area contributed by atoms with E-state index in [1.54, 1.807) is 32.9 Å². The van der Waals surface area contributed by atoms with Crippen LogP contribution in [0.3, 0.4) is 0 Å². The summed E-state index contributed by atoms with van der Waals surface area (Å²) in [5.41, 5.74) is 0.465. The average molecular weight is 307 g/mol. The Morgan fingerprint density at radius 2 is 2.00 bits per heavy atom. The maximum atomic E-state index is 11.7. The van der Waals surface area contributed by atoms with Crippen molar-refractivity contribution in [1.29, 1.82) is 0 Å². The Hall–Kier alpha value is -2.24. The lowest BCUT2D eigenvalue weighted by Gasteiger charge is -2.19. The van der Waals surface area contributed by atoms with Crippen molar-refractivity contribution in [3.8, 4) is 5.75 Å². The minimum Gasteiger partial charge on any atom is -0.496 e. The van der Waals surface area contributed by atoms with Crippen molar-refractivity contribution < 1.29 is 24.2 Å². The number of aromatic carboxylic acids is 1. The first-order valence-electron chi connectivity index (χ1n) is 7.12. The molecule has 2 rings (SSSR count). The molecule has 1 aromatic rings. The Balaban J connectivity index is 2.02. The van der Waals surface area contributed by atoms with E-state index in [-0.39, 0.29) is 17.5 Å². The lowest BCUT2D eigenvalue weighted by molar-refractivity contribution is 0.0522. The number of hydrogen-bond acceptors (Lipinski definition) is 4. The number of carbonyl (C=O) groups is 2. The minimum atomic E-state index is -1.03. The molecule has 1 saturated carbocycles. The van der Waals surface area contributed by atoms with Gasteiger partial charge >= 0.3 is 12.1 Å². The molecule has 22 heavy (non-hydrogen) atoms. The number of carboxylic acids is 1. The second kappa shape index (κ2) is 5.87. The molecule has 1 amide bonds. The molecule has 6 heteroatoms. The Bertz CT molecular complexity index is 591. The fourth-order valence-electron chi connectivity index (χ4n) is 2.31. The van der Waals surface area contributed by atoms with Crippen LogP contribution in [0.1, 0.15) is 49.0 Å². The standard InChI is InChI=1S/C16H21NO5/c1-16(2,3)22-15(20)17-12-8-10(12)9-5-6-13(21-4)11(7-9)14(18)19/h5-7,10,12H,8H2,1-4H3,(H,17,20)(H,18,19). The largest absolute Gasteiger partial charge is 0.496 e. The number of carbonyl (C=O) groups excluding carboxylic acids is 1. The molecule has 0 spiro atoms. The molecule has 2 unspecified atom stereocenters. The summed E-state index contributed by atoms with van der Waals surface area (Å²) in [6.45, 7) is 5.42. The number of methoxy groups -OCH3 is 1.